The van der Waals surface area contributed by atoms with Crippen LogP contribution >= 0.6 is 0 Å². The van der Waals surface area contributed by atoms with Crippen molar-refractivity contribution < 1.29 is 34.7 Å². The van der Waals surface area contributed by atoms with Gasteiger partial charge >= 0.3 is 0 Å². The highest BCUT2D eigenvalue weighted by Gasteiger charge is 2.62. The van der Waals surface area contributed by atoms with Gasteiger partial charge in [-0.05, 0) is 20.3 Å². The largest absolute Gasteiger partial charge is 0.396 e. The maximum atomic E-state index is 12.8. The summed E-state index contributed by atoms with van der Waals surface area (Å²) >= 11 is 0. The molecule has 2 aliphatic heterocycles. The summed E-state index contributed by atoms with van der Waals surface area (Å²) in [5, 5.41) is 40.9. The molecule has 2 unspecified atom stereocenters. The Morgan fingerprint density at radius 2 is 2.08 bits per heavy atom. The Balaban J connectivity index is 2.07. The molecule has 7 nitrogen and oxygen atoms in total. The molecular formula is C19H32O7. The van der Waals surface area contributed by atoms with E-state index in [9.17, 15) is 25.2 Å². The molecule has 4 N–H and O–H groups in total. The third-order valence-corrected chi connectivity index (χ3v) is 5.83. The summed E-state index contributed by atoms with van der Waals surface area (Å²) in [6.07, 6.45) is 1.55. The van der Waals surface area contributed by atoms with Gasteiger partial charge in [0.25, 0.3) is 0 Å². The number of Topliss-reactive ketones (excluding diaryl/α,β-unsaturated/α-hetero) is 1. The Morgan fingerprint density at radius 3 is 2.58 bits per heavy atom. The van der Waals surface area contributed by atoms with E-state index in [0.717, 1.165) is 0 Å². The van der Waals surface area contributed by atoms with Crippen molar-refractivity contribution in [2.24, 2.45) is 17.8 Å². The molecule has 150 valence electrons. The number of allylic oxidation sites excluding steroid dienone is 1. The molecule has 2 aliphatic rings. The number of hydrogen-bond donors (Lipinski definition) is 4. The lowest BCUT2D eigenvalue weighted by atomic mass is 9.78. The van der Waals surface area contributed by atoms with Crippen molar-refractivity contribution in [1.29, 1.82) is 0 Å². The molecule has 0 aromatic heterocycles. The van der Waals surface area contributed by atoms with Crippen LogP contribution in [0.1, 0.15) is 40.5 Å². The van der Waals surface area contributed by atoms with Crippen molar-refractivity contribution in [1.82, 2.24) is 0 Å². The number of aliphatic hydroxyl groups is 4. The number of ether oxygens (including phenoxy) is 2. The minimum absolute atomic E-state index is 0.0669. The highest BCUT2D eigenvalue weighted by molar-refractivity contribution is 5.85. The van der Waals surface area contributed by atoms with Crippen molar-refractivity contribution >= 4 is 5.78 Å². The fourth-order valence-electron chi connectivity index (χ4n) is 3.93. The van der Waals surface area contributed by atoms with Crippen molar-refractivity contribution in [2.45, 2.75) is 70.2 Å². The van der Waals surface area contributed by atoms with E-state index in [1.54, 1.807) is 13.8 Å². The van der Waals surface area contributed by atoms with Crippen molar-refractivity contribution in [3.05, 3.63) is 12.2 Å². The van der Waals surface area contributed by atoms with Gasteiger partial charge in [-0.15, -0.1) is 0 Å². The highest BCUT2D eigenvalue weighted by Crippen LogP contribution is 2.47. The summed E-state index contributed by atoms with van der Waals surface area (Å²) in [4.78, 5) is 12.8. The number of hydrogen-bond acceptors (Lipinski definition) is 7. The fourth-order valence-corrected chi connectivity index (χ4v) is 3.93. The zero-order valence-corrected chi connectivity index (χ0v) is 16.0. The summed E-state index contributed by atoms with van der Waals surface area (Å²) in [6.45, 7) is 6.61. The first-order valence-electron chi connectivity index (χ1n) is 9.31. The van der Waals surface area contributed by atoms with Gasteiger partial charge in [-0.1, -0.05) is 26.0 Å². The van der Waals surface area contributed by atoms with Gasteiger partial charge in [-0.25, -0.2) is 0 Å². The predicted octanol–water partition coefficient (Wildman–Crippen LogP) is 0.391. The first kappa shape index (κ1) is 21.5. The van der Waals surface area contributed by atoms with Gasteiger partial charge in [0.15, 0.2) is 5.79 Å². The molecule has 26 heavy (non-hydrogen) atoms. The molecule has 0 amide bonds. The van der Waals surface area contributed by atoms with Crippen LogP contribution in [0.15, 0.2) is 12.2 Å². The molecule has 0 aliphatic carbocycles. The van der Waals surface area contributed by atoms with Crippen molar-refractivity contribution in [3.63, 3.8) is 0 Å². The summed E-state index contributed by atoms with van der Waals surface area (Å²) in [6, 6.07) is 0. The van der Waals surface area contributed by atoms with Crippen LogP contribution in [0.2, 0.25) is 0 Å². The Labute approximate surface area is 154 Å². The Bertz CT molecular complexity index is 536. The SMILES string of the molecule is CC=C[C@H](C)[C@H]1OC1(C)[C@@H](O)[C@@H](CO)C(=O)[C@H]1CO[C@](O)(CC)CC1O. The van der Waals surface area contributed by atoms with Crippen LogP contribution in [0.5, 0.6) is 0 Å². The Hall–Kier alpha value is -0.830. The van der Waals surface area contributed by atoms with E-state index in [1.165, 1.54) is 0 Å². The van der Waals surface area contributed by atoms with Crippen LogP contribution < -0.4 is 0 Å². The molecule has 0 bridgehead atoms. The average Bonchev–Trinajstić information content (AvgIpc) is 3.29. The fraction of sp³-hybridized carbons (Fsp3) is 0.842. The van der Waals surface area contributed by atoms with E-state index in [-0.39, 0.29) is 25.0 Å². The standard InChI is InChI=1S/C19H32O7/c1-5-7-11(3)17-18(4,26-17)16(23)12(9-20)15(22)13-10-25-19(24,6-2)8-14(13)21/h5,7,11-14,16-17,20-21,23-24H,6,8-10H2,1-4H3/t11-,12-,13-,14?,16-,17+,18?,19+/m0/s1. The summed E-state index contributed by atoms with van der Waals surface area (Å²) in [5.74, 6) is -3.83. The van der Waals surface area contributed by atoms with Gasteiger partial charge < -0.3 is 29.9 Å². The van der Waals surface area contributed by atoms with Crippen LogP contribution in [0.3, 0.4) is 0 Å². The van der Waals surface area contributed by atoms with E-state index in [2.05, 4.69) is 0 Å². The van der Waals surface area contributed by atoms with Crippen LogP contribution in [0.25, 0.3) is 0 Å². The van der Waals surface area contributed by atoms with Gasteiger partial charge in [0, 0.05) is 12.3 Å². The van der Waals surface area contributed by atoms with E-state index in [1.807, 2.05) is 26.0 Å². The van der Waals surface area contributed by atoms with Gasteiger partial charge in [-0.2, -0.15) is 0 Å². The van der Waals surface area contributed by atoms with Gasteiger partial charge in [0.1, 0.15) is 11.4 Å². The smallest absolute Gasteiger partial charge is 0.167 e. The summed E-state index contributed by atoms with van der Waals surface area (Å²) in [7, 11) is 0. The molecule has 2 fully saturated rings. The zero-order valence-electron chi connectivity index (χ0n) is 16.0. The second-order valence-corrected chi connectivity index (χ2v) is 7.73. The molecule has 8 atom stereocenters. The molecule has 0 aromatic carbocycles. The number of ketones is 1. The Kier molecular flexibility index (Phi) is 6.64. The molecule has 7 heteroatoms. The molecular weight excluding hydrogens is 340 g/mol. The molecule has 2 rings (SSSR count). The first-order chi connectivity index (χ1) is 12.1. The van der Waals surface area contributed by atoms with Crippen molar-refractivity contribution in [2.75, 3.05) is 13.2 Å². The maximum Gasteiger partial charge on any atom is 0.167 e. The number of aliphatic hydroxyl groups excluding tert-OH is 3. The lowest BCUT2D eigenvalue weighted by molar-refractivity contribution is -0.258. The van der Waals surface area contributed by atoms with Crippen LogP contribution in [-0.4, -0.2) is 69.1 Å². The third-order valence-electron chi connectivity index (χ3n) is 5.83. The molecule has 0 radical (unpaired) electrons. The number of carbonyl (C=O) groups is 1. The van der Waals surface area contributed by atoms with Gasteiger partial charge in [0.05, 0.1) is 43.4 Å². The monoisotopic (exact) mass is 372 g/mol. The minimum Gasteiger partial charge on any atom is -0.396 e. The number of carbonyl (C=O) groups excluding carboxylic acids is 1. The second-order valence-electron chi connectivity index (χ2n) is 7.73. The van der Waals surface area contributed by atoms with Crippen molar-refractivity contribution in [3.8, 4) is 0 Å². The summed E-state index contributed by atoms with van der Waals surface area (Å²) < 4.78 is 11.0. The minimum atomic E-state index is -1.44. The van der Waals surface area contributed by atoms with E-state index >= 15 is 0 Å². The second kappa shape index (κ2) is 8.04. The third kappa shape index (κ3) is 4.03. The maximum absolute atomic E-state index is 12.8. The topological polar surface area (TPSA) is 120 Å². The molecule has 2 saturated heterocycles. The predicted molar refractivity (Wildman–Crippen MR) is 94.2 cm³/mol. The van der Waals surface area contributed by atoms with Crippen LogP contribution in [0.4, 0.5) is 0 Å². The lowest BCUT2D eigenvalue weighted by Gasteiger charge is -2.39. The Morgan fingerprint density at radius 1 is 1.42 bits per heavy atom. The summed E-state index contributed by atoms with van der Waals surface area (Å²) in [5.41, 5.74) is -0.924. The quantitative estimate of drug-likeness (QED) is 0.359. The van der Waals surface area contributed by atoms with Crippen LogP contribution in [0, 0.1) is 17.8 Å². The average molecular weight is 372 g/mol. The zero-order chi connectivity index (χ0) is 19.7. The van der Waals surface area contributed by atoms with E-state index in [4.69, 9.17) is 9.47 Å². The van der Waals surface area contributed by atoms with E-state index in [0.29, 0.717) is 6.42 Å². The molecule has 2 heterocycles. The number of rotatable bonds is 8. The number of epoxide rings is 1. The van der Waals surface area contributed by atoms with Crippen LogP contribution in [-0.2, 0) is 14.3 Å². The van der Waals surface area contributed by atoms with E-state index < -0.39 is 47.8 Å². The first-order valence-corrected chi connectivity index (χ1v) is 9.31. The molecule has 0 aromatic rings. The molecule has 0 saturated carbocycles. The highest BCUT2D eigenvalue weighted by atomic mass is 16.6. The lowest BCUT2D eigenvalue weighted by Crippen LogP contribution is -2.53. The molecule has 0 spiro atoms. The normalized spacial score (nSPS) is 41.0. The van der Waals surface area contributed by atoms with Gasteiger partial charge in [-0.3, -0.25) is 4.79 Å². The van der Waals surface area contributed by atoms with Gasteiger partial charge in [0.2, 0.25) is 0 Å².